The van der Waals surface area contributed by atoms with Crippen molar-refractivity contribution in [3.05, 3.63) is 78.1 Å². The van der Waals surface area contributed by atoms with Gasteiger partial charge in [-0.3, -0.25) is 9.78 Å². The van der Waals surface area contributed by atoms with E-state index in [2.05, 4.69) is 76.3 Å². The fourth-order valence-electron chi connectivity index (χ4n) is 5.65. The zero-order valence-corrected chi connectivity index (χ0v) is 20.9. The predicted octanol–water partition coefficient (Wildman–Crippen LogP) is 4.60. The number of pyridine rings is 1. The highest BCUT2D eigenvalue weighted by Gasteiger charge is 2.40. The molecule has 0 spiro atoms. The molecule has 5 heteroatoms. The molecule has 1 atom stereocenters. The van der Waals surface area contributed by atoms with E-state index in [-0.39, 0.29) is 5.41 Å². The maximum Gasteiger partial charge on any atom is 0.228 e. The van der Waals surface area contributed by atoms with Crippen molar-refractivity contribution in [2.75, 3.05) is 45.9 Å². The molecule has 1 aromatic heterocycles. The van der Waals surface area contributed by atoms with Crippen molar-refractivity contribution in [1.29, 1.82) is 0 Å². The van der Waals surface area contributed by atoms with E-state index >= 15 is 0 Å². The number of hydrogen-bond acceptors (Lipinski definition) is 4. The van der Waals surface area contributed by atoms with Gasteiger partial charge in [0.25, 0.3) is 0 Å². The number of amides is 1. The van der Waals surface area contributed by atoms with Gasteiger partial charge < -0.3 is 14.5 Å². The average molecular weight is 472 g/mol. The van der Waals surface area contributed by atoms with Crippen molar-refractivity contribution < 1.29 is 9.53 Å². The van der Waals surface area contributed by atoms with Crippen molar-refractivity contribution in [2.45, 2.75) is 32.6 Å². The van der Waals surface area contributed by atoms with Crippen molar-refractivity contribution in [3.8, 4) is 0 Å². The molecule has 2 saturated heterocycles. The molecular weight excluding hydrogens is 434 g/mol. The first-order chi connectivity index (χ1) is 17.1. The zero-order chi connectivity index (χ0) is 24.1. The lowest BCUT2D eigenvalue weighted by atomic mass is 9.78. The Morgan fingerprint density at radius 2 is 1.89 bits per heavy atom. The van der Waals surface area contributed by atoms with Crippen molar-refractivity contribution in [1.82, 2.24) is 14.8 Å². The molecule has 0 N–H and O–H groups in total. The average Bonchev–Trinajstić information content (AvgIpc) is 3.14. The second-order valence-electron chi connectivity index (χ2n) is 10.5. The summed E-state index contributed by atoms with van der Waals surface area (Å²) in [6.45, 7) is 8.01. The van der Waals surface area contributed by atoms with Crippen LogP contribution in [0.2, 0.25) is 0 Å². The van der Waals surface area contributed by atoms with Gasteiger partial charge in [-0.25, -0.2) is 0 Å². The molecule has 0 bridgehead atoms. The Hall–Kier alpha value is -2.76. The van der Waals surface area contributed by atoms with E-state index in [1.54, 1.807) is 0 Å². The van der Waals surface area contributed by atoms with E-state index < -0.39 is 0 Å². The van der Waals surface area contributed by atoms with Crippen molar-refractivity contribution in [3.63, 3.8) is 0 Å². The van der Waals surface area contributed by atoms with Crippen molar-refractivity contribution in [2.24, 2.45) is 11.3 Å². The molecule has 0 aliphatic carbocycles. The lowest BCUT2D eigenvalue weighted by Gasteiger charge is -2.41. The molecule has 35 heavy (non-hydrogen) atoms. The van der Waals surface area contributed by atoms with Gasteiger partial charge in [-0.05, 0) is 61.4 Å². The molecule has 3 heterocycles. The number of carbonyl (C=O) groups excluding carboxylic acids is 1. The number of ether oxygens (including phenoxy) is 1. The summed E-state index contributed by atoms with van der Waals surface area (Å²) >= 11 is 0. The monoisotopic (exact) mass is 471 g/mol. The first kappa shape index (κ1) is 24.0. The van der Waals surface area contributed by atoms with Gasteiger partial charge in [0.2, 0.25) is 5.91 Å². The Labute approximate surface area is 209 Å². The second-order valence-corrected chi connectivity index (χ2v) is 10.5. The molecule has 5 rings (SSSR count). The van der Waals surface area contributed by atoms with Crippen LogP contribution in [-0.2, 0) is 22.4 Å². The minimum absolute atomic E-state index is 0.276. The van der Waals surface area contributed by atoms with Gasteiger partial charge in [0.15, 0.2) is 0 Å². The Kier molecular flexibility index (Phi) is 7.45. The van der Waals surface area contributed by atoms with Crippen molar-refractivity contribution >= 4 is 16.7 Å². The summed E-state index contributed by atoms with van der Waals surface area (Å²) in [7, 11) is 0. The van der Waals surface area contributed by atoms with Crippen LogP contribution in [0.3, 0.4) is 0 Å². The van der Waals surface area contributed by atoms with Gasteiger partial charge >= 0.3 is 0 Å². The summed E-state index contributed by atoms with van der Waals surface area (Å²) in [5.41, 5.74) is 2.40. The highest BCUT2D eigenvalue weighted by molar-refractivity contribution is 5.85. The summed E-state index contributed by atoms with van der Waals surface area (Å²) in [5, 5.41) is 2.42. The summed E-state index contributed by atoms with van der Waals surface area (Å²) in [6.07, 6.45) is 7.62. The maximum atomic E-state index is 13.8. The molecule has 184 valence electrons. The molecule has 5 nitrogen and oxygen atoms in total. The van der Waals surface area contributed by atoms with Crippen LogP contribution in [0.4, 0.5) is 0 Å². The lowest BCUT2D eigenvalue weighted by molar-refractivity contribution is -0.144. The number of benzene rings is 2. The molecule has 0 radical (unpaired) electrons. The minimum atomic E-state index is -0.276. The van der Waals surface area contributed by atoms with Crippen LogP contribution in [0.15, 0.2) is 67.0 Å². The zero-order valence-electron chi connectivity index (χ0n) is 20.9. The third-order valence-electron chi connectivity index (χ3n) is 7.94. The summed E-state index contributed by atoms with van der Waals surface area (Å²) in [6, 6.07) is 19.2. The third kappa shape index (κ3) is 5.74. The van der Waals surface area contributed by atoms with Crippen LogP contribution >= 0.6 is 0 Å². The fraction of sp³-hybridized carbons (Fsp3) is 0.467. The normalized spacial score (nSPS) is 21.1. The molecule has 2 fully saturated rings. The summed E-state index contributed by atoms with van der Waals surface area (Å²) in [5.74, 6) is 0.608. The molecule has 2 aliphatic rings. The number of rotatable bonds is 6. The largest absolute Gasteiger partial charge is 0.379 e. The van der Waals surface area contributed by atoms with Crippen LogP contribution in [0.5, 0.6) is 0 Å². The van der Waals surface area contributed by atoms with Gasteiger partial charge in [-0.15, -0.1) is 0 Å². The molecule has 2 aromatic carbocycles. The van der Waals surface area contributed by atoms with Gasteiger partial charge in [0.05, 0.1) is 13.2 Å². The Morgan fingerprint density at radius 1 is 1.06 bits per heavy atom. The number of carbonyl (C=O) groups is 1. The van der Waals surface area contributed by atoms with Gasteiger partial charge in [0, 0.05) is 48.7 Å². The standard InChI is InChI=1S/C30H37N3O2/c1-30(12-16-32(17-13-30)15-11-24-6-3-2-4-7-24)29(34)33-18-19-35-23-25(22-33)20-27-9-5-8-26-10-14-31-21-28(26)27/h2-10,14,21,25H,11-13,15-20,22-23H2,1H3/t25-/m0/s1. The molecule has 1 amide bonds. The van der Waals surface area contributed by atoms with E-state index in [0.717, 1.165) is 51.9 Å². The second kappa shape index (κ2) is 10.9. The smallest absolute Gasteiger partial charge is 0.228 e. The number of fused-ring (bicyclic) bond motifs is 1. The topological polar surface area (TPSA) is 45.7 Å². The van der Waals surface area contributed by atoms with E-state index in [9.17, 15) is 4.79 Å². The predicted molar refractivity (Wildman–Crippen MR) is 140 cm³/mol. The summed E-state index contributed by atoms with van der Waals surface area (Å²) < 4.78 is 5.97. The van der Waals surface area contributed by atoms with E-state index in [1.165, 1.54) is 21.9 Å². The Balaban J connectivity index is 1.19. The number of hydrogen-bond donors (Lipinski definition) is 0. The fourth-order valence-corrected chi connectivity index (χ4v) is 5.65. The number of piperidine rings is 1. The highest BCUT2D eigenvalue weighted by atomic mass is 16.5. The van der Waals surface area contributed by atoms with Crippen LogP contribution < -0.4 is 0 Å². The first-order valence-corrected chi connectivity index (χ1v) is 13.1. The van der Waals surface area contributed by atoms with E-state index in [4.69, 9.17) is 4.74 Å². The number of likely N-dealkylation sites (tertiary alicyclic amines) is 1. The van der Waals surface area contributed by atoms with Gasteiger partial charge in [-0.1, -0.05) is 55.5 Å². The Bertz CT molecular complexity index is 1120. The Morgan fingerprint density at radius 3 is 2.71 bits per heavy atom. The van der Waals surface area contributed by atoms with Crippen LogP contribution in [0.25, 0.3) is 10.8 Å². The number of aromatic nitrogens is 1. The van der Waals surface area contributed by atoms with Gasteiger partial charge in [0.1, 0.15) is 0 Å². The van der Waals surface area contributed by atoms with Gasteiger partial charge in [-0.2, -0.15) is 0 Å². The molecule has 0 saturated carbocycles. The SMILES string of the molecule is CC1(C(=O)N2CCOC[C@@H](Cc3cccc4ccncc34)C2)CCN(CCc2ccccc2)CC1. The number of nitrogens with zero attached hydrogens (tertiary/aromatic N) is 3. The highest BCUT2D eigenvalue weighted by Crippen LogP contribution is 2.34. The third-order valence-corrected chi connectivity index (χ3v) is 7.94. The minimum Gasteiger partial charge on any atom is -0.379 e. The maximum absolute atomic E-state index is 13.8. The first-order valence-electron chi connectivity index (χ1n) is 13.1. The summed E-state index contributed by atoms with van der Waals surface area (Å²) in [4.78, 5) is 22.7. The molecular formula is C30H37N3O2. The van der Waals surface area contributed by atoms with Crippen LogP contribution in [0, 0.1) is 11.3 Å². The van der Waals surface area contributed by atoms with Crippen LogP contribution in [0.1, 0.15) is 30.9 Å². The molecule has 0 unspecified atom stereocenters. The lowest BCUT2D eigenvalue weighted by Crippen LogP contribution is -2.50. The molecule has 3 aromatic rings. The van der Waals surface area contributed by atoms with Crippen LogP contribution in [-0.4, -0.2) is 66.6 Å². The van der Waals surface area contributed by atoms with E-state index in [1.807, 2.05) is 12.4 Å². The quantitative estimate of drug-likeness (QED) is 0.527. The molecule has 2 aliphatic heterocycles. The van der Waals surface area contributed by atoms with E-state index in [0.29, 0.717) is 31.6 Å².